The minimum Gasteiger partial charge on any atom is -0.369 e. The van der Waals surface area contributed by atoms with Crippen LogP contribution in [-0.2, 0) is 0 Å². The average Bonchev–Trinajstić information content (AvgIpc) is 2.78. The molecular formula is C12H16N4. The molecule has 0 unspecified atom stereocenters. The molecule has 84 valence electrons. The van der Waals surface area contributed by atoms with Crippen molar-refractivity contribution in [2.45, 2.75) is 19.3 Å². The van der Waals surface area contributed by atoms with E-state index in [0.29, 0.717) is 5.92 Å². The SMILES string of the molecule is C[C@H](C1=NN(C(=N)N)CC1)c1ccccc1. The Bertz CT molecular complexity index is 410. The van der Waals surface area contributed by atoms with Crippen LogP contribution in [0.15, 0.2) is 35.4 Å². The zero-order chi connectivity index (χ0) is 11.5. The normalized spacial score (nSPS) is 17.1. The predicted molar refractivity (Wildman–Crippen MR) is 65.5 cm³/mol. The van der Waals surface area contributed by atoms with E-state index in [1.807, 2.05) is 18.2 Å². The first-order valence-corrected chi connectivity index (χ1v) is 5.42. The lowest BCUT2D eigenvalue weighted by Gasteiger charge is -2.11. The lowest BCUT2D eigenvalue weighted by atomic mass is 9.95. The van der Waals surface area contributed by atoms with Gasteiger partial charge in [0.1, 0.15) is 0 Å². The van der Waals surface area contributed by atoms with Gasteiger partial charge in [0.2, 0.25) is 5.96 Å². The van der Waals surface area contributed by atoms with Gasteiger partial charge in [-0.3, -0.25) is 5.41 Å². The van der Waals surface area contributed by atoms with E-state index in [1.165, 1.54) is 5.56 Å². The van der Waals surface area contributed by atoms with Crippen LogP contribution in [0.3, 0.4) is 0 Å². The number of nitrogens with zero attached hydrogens (tertiary/aromatic N) is 2. The summed E-state index contributed by atoms with van der Waals surface area (Å²) in [5.41, 5.74) is 7.76. The number of hydrazone groups is 1. The van der Waals surface area contributed by atoms with Crippen molar-refractivity contribution in [1.82, 2.24) is 5.01 Å². The largest absolute Gasteiger partial charge is 0.369 e. The van der Waals surface area contributed by atoms with Crippen molar-refractivity contribution < 1.29 is 0 Å². The van der Waals surface area contributed by atoms with Gasteiger partial charge in [-0.1, -0.05) is 37.3 Å². The standard InChI is InChI=1S/C12H16N4/c1-9(10-5-3-2-4-6-10)11-7-8-16(15-11)12(13)14/h2-6,9H,7-8H2,1H3,(H3,13,14)/t9-/m0/s1. The minimum absolute atomic E-state index is 0.0234. The Morgan fingerprint density at radius 3 is 2.69 bits per heavy atom. The van der Waals surface area contributed by atoms with Crippen LogP contribution in [0.1, 0.15) is 24.8 Å². The van der Waals surface area contributed by atoms with Crippen LogP contribution in [-0.4, -0.2) is 23.2 Å². The smallest absolute Gasteiger partial charge is 0.209 e. The Morgan fingerprint density at radius 1 is 1.44 bits per heavy atom. The summed E-state index contributed by atoms with van der Waals surface area (Å²) in [4.78, 5) is 0. The summed E-state index contributed by atoms with van der Waals surface area (Å²) in [6, 6.07) is 10.3. The second kappa shape index (κ2) is 4.35. The fourth-order valence-corrected chi connectivity index (χ4v) is 1.89. The highest BCUT2D eigenvalue weighted by atomic mass is 15.5. The highest BCUT2D eigenvalue weighted by molar-refractivity contribution is 5.93. The van der Waals surface area contributed by atoms with Crippen LogP contribution in [0.4, 0.5) is 0 Å². The monoisotopic (exact) mass is 216 g/mol. The van der Waals surface area contributed by atoms with E-state index in [4.69, 9.17) is 11.1 Å². The van der Waals surface area contributed by atoms with E-state index in [9.17, 15) is 0 Å². The Balaban J connectivity index is 2.15. The van der Waals surface area contributed by atoms with Crippen LogP contribution >= 0.6 is 0 Å². The first-order chi connectivity index (χ1) is 7.68. The van der Waals surface area contributed by atoms with E-state index in [0.717, 1.165) is 18.7 Å². The molecule has 0 saturated heterocycles. The van der Waals surface area contributed by atoms with Gasteiger partial charge in [-0.05, 0) is 5.56 Å². The van der Waals surface area contributed by atoms with Crippen molar-refractivity contribution in [3.63, 3.8) is 0 Å². The second-order valence-corrected chi connectivity index (χ2v) is 3.98. The molecule has 0 saturated carbocycles. The van der Waals surface area contributed by atoms with Crippen molar-refractivity contribution in [3.8, 4) is 0 Å². The number of nitrogens with two attached hydrogens (primary N) is 1. The zero-order valence-electron chi connectivity index (χ0n) is 9.35. The van der Waals surface area contributed by atoms with Gasteiger partial charge in [0.25, 0.3) is 0 Å². The first-order valence-electron chi connectivity index (χ1n) is 5.42. The highest BCUT2D eigenvalue weighted by Crippen LogP contribution is 2.22. The average molecular weight is 216 g/mol. The third-order valence-electron chi connectivity index (χ3n) is 2.91. The van der Waals surface area contributed by atoms with Crippen LogP contribution in [0.5, 0.6) is 0 Å². The maximum Gasteiger partial charge on any atom is 0.209 e. The lowest BCUT2D eigenvalue weighted by molar-refractivity contribution is 0.481. The molecular weight excluding hydrogens is 200 g/mol. The number of guanidine groups is 1. The van der Waals surface area contributed by atoms with Crippen molar-refractivity contribution in [3.05, 3.63) is 35.9 Å². The van der Waals surface area contributed by atoms with E-state index in [-0.39, 0.29) is 5.96 Å². The topological polar surface area (TPSA) is 65.5 Å². The molecule has 1 aromatic rings. The van der Waals surface area contributed by atoms with E-state index < -0.39 is 0 Å². The molecule has 1 aliphatic heterocycles. The Morgan fingerprint density at radius 2 is 2.12 bits per heavy atom. The first kappa shape index (κ1) is 10.7. The summed E-state index contributed by atoms with van der Waals surface area (Å²) >= 11 is 0. The summed E-state index contributed by atoms with van der Waals surface area (Å²) in [5, 5.41) is 13.2. The third kappa shape index (κ3) is 2.05. The van der Waals surface area contributed by atoms with Gasteiger partial charge < -0.3 is 5.73 Å². The maximum atomic E-state index is 7.32. The zero-order valence-corrected chi connectivity index (χ0v) is 9.35. The molecule has 0 fully saturated rings. The van der Waals surface area contributed by atoms with Crippen LogP contribution in [0, 0.1) is 5.41 Å². The molecule has 4 heteroatoms. The number of hydrogen-bond acceptors (Lipinski definition) is 2. The van der Waals surface area contributed by atoms with Crippen molar-refractivity contribution >= 4 is 11.7 Å². The van der Waals surface area contributed by atoms with Gasteiger partial charge in [0.15, 0.2) is 0 Å². The Hall–Kier alpha value is -1.84. The van der Waals surface area contributed by atoms with Gasteiger partial charge in [-0.2, -0.15) is 5.10 Å². The van der Waals surface area contributed by atoms with Gasteiger partial charge in [0.05, 0.1) is 0 Å². The molecule has 1 aliphatic rings. The van der Waals surface area contributed by atoms with E-state index >= 15 is 0 Å². The number of nitrogens with one attached hydrogen (secondary N) is 1. The predicted octanol–water partition coefficient (Wildman–Crippen LogP) is 1.75. The Kier molecular flexibility index (Phi) is 2.90. The Labute approximate surface area is 95.3 Å². The van der Waals surface area contributed by atoms with Crippen molar-refractivity contribution in [1.29, 1.82) is 5.41 Å². The fraction of sp³-hybridized carbons (Fsp3) is 0.333. The molecule has 1 aromatic carbocycles. The quantitative estimate of drug-likeness (QED) is 0.584. The summed E-state index contributed by atoms with van der Waals surface area (Å²) in [7, 11) is 0. The minimum atomic E-state index is 0.0234. The van der Waals surface area contributed by atoms with Crippen LogP contribution < -0.4 is 5.73 Å². The molecule has 16 heavy (non-hydrogen) atoms. The maximum absolute atomic E-state index is 7.32. The number of benzene rings is 1. The lowest BCUT2D eigenvalue weighted by Crippen LogP contribution is -2.29. The molecule has 0 amide bonds. The molecule has 4 nitrogen and oxygen atoms in total. The number of rotatable bonds is 2. The summed E-state index contributed by atoms with van der Waals surface area (Å²) in [6.45, 7) is 2.86. The summed E-state index contributed by atoms with van der Waals surface area (Å²) in [6.07, 6.45) is 0.885. The summed E-state index contributed by atoms with van der Waals surface area (Å²) < 4.78 is 0. The molecule has 0 spiro atoms. The van der Waals surface area contributed by atoms with Crippen molar-refractivity contribution in [2.75, 3.05) is 6.54 Å². The number of hydrogen-bond donors (Lipinski definition) is 2. The van der Waals surface area contributed by atoms with Crippen LogP contribution in [0.25, 0.3) is 0 Å². The molecule has 0 bridgehead atoms. The molecule has 0 aliphatic carbocycles. The van der Waals surface area contributed by atoms with Gasteiger partial charge in [0, 0.05) is 24.6 Å². The second-order valence-electron chi connectivity index (χ2n) is 3.98. The molecule has 2 rings (SSSR count). The van der Waals surface area contributed by atoms with Gasteiger partial charge in [-0.15, -0.1) is 0 Å². The molecule has 1 atom stereocenters. The third-order valence-corrected chi connectivity index (χ3v) is 2.91. The van der Waals surface area contributed by atoms with Crippen molar-refractivity contribution in [2.24, 2.45) is 10.8 Å². The molecule has 3 N–H and O–H groups in total. The highest BCUT2D eigenvalue weighted by Gasteiger charge is 2.21. The van der Waals surface area contributed by atoms with Gasteiger partial charge >= 0.3 is 0 Å². The molecule has 1 heterocycles. The molecule has 0 radical (unpaired) electrons. The van der Waals surface area contributed by atoms with E-state index in [2.05, 4.69) is 24.2 Å². The van der Waals surface area contributed by atoms with Gasteiger partial charge in [-0.25, -0.2) is 5.01 Å². The summed E-state index contributed by atoms with van der Waals surface area (Å²) in [5.74, 6) is 0.320. The van der Waals surface area contributed by atoms with E-state index in [1.54, 1.807) is 5.01 Å². The molecule has 0 aromatic heterocycles. The fourth-order valence-electron chi connectivity index (χ4n) is 1.89. The van der Waals surface area contributed by atoms with Crippen LogP contribution in [0.2, 0.25) is 0 Å².